The smallest absolute Gasteiger partial charge is 0.293 e. The molecule has 0 aliphatic rings. The second kappa shape index (κ2) is 6.20. The first-order valence-electron chi connectivity index (χ1n) is 7.81. The minimum Gasteiger partial charge on any atom is -0.451 e. The zero-order valence-electron chi connectivity index (χ0n) is 13.5. The van der Waals surface area contributed by atoms with Gasteiger partial charge >= 0.3 is 0 Å². The van der Waals surface area contributed by atoms with E-state index in [1.807, 2.05) is 55.5 Å². The number of hydrogen-bond donors (Lipinski definition) is 1. The number of rotatable bonds is 4. The molecule has 0 unspecified atom stereocenters. The molecule has 0 bridgehead atoms. The highest BCUT2D eigenvalue weighted by atomic mass is 16.3. The quantitative estimate of drug-likeness (QED) is 0.620. The molecule has 7 nitrogen and oxygen atoms in total. The van der Waals surface area contributed by atoms with E-state index in [9.17, 15) is 4.79 Å². The zero-order valence-corrected chi connectivity index (χ0v) is 13.5. The molecule has 0 aliphatic carbocycles. The molecule has 4 aromatic rings. The van der Waals surface area contributed by atoms with E-state index in [4.69, 9.17) is 4.42 Å². The Bertz CT molecular complexity index is 1040. The van der Waals surface area contributed by atoms with Crippen molar-refractivity contribution in [2.24, 2.45) is 0 Å². The van der Waals surface area contributed by atoms with Crippen molar-refractivity contribution in [1.29, 1.82) is 0 Å². The average molecular weight is 333 g/mol. The number of carbonyl (C=O) groups is 1. The second-order valence-electron chi connectivity index (χ2n) is 5.70. The summed E-state index contributed by atoms with van der Waals surface area (Å²) in [5.41, 5.74) is 2.71. The number of aryl methyl sites for hydroxylation is 1. The minimum absolute atomic E-state index is 0.221. The summed E-state index contributed by atoms with van der Waals surface area (Å²) in [6.07, 6.45) is 0. The first kappa shape index (κ1) is 15.1. The van der Waals surface area contributed by atoms with Crippen molar-refractivity contribution < 1.29 is 9.21 Å². The van der Waals surface area contributed by atoms with E-state index in [0.29, 0.717) is 12.1 Å². The van der Waals surface area contributed by atoms with Crippen molar-refractivity contribution in [2.45, 2.75) is 13.5 Å². The average Bonchev–Trinajstić information content (AvgIpc) is 3.24. The van der Waals surface area contributed by atoms with Crippen molar-refractivity contribution in [3.8, 4) is 0 Å². The Labute approximate surface area is 143 Å². The van der Waals surface area contributed by atoms with E-state index in [0.717, 1.165) is 16.5 Å². The van der Waals surface area contributed by atoms with Gasteiger partial charge in [-0.15, -0.1) is 0 Å². The molecule has 1 N–H and O–H groups in total. The normalized spacial score (nSPS) is 10.9. The number of amides is 1. The Kier molecular flexibility index (Phi) is 3.74. The third-order valence-electron chi connectivity index (χ3n) is 3.90. The first-order valence-corrected chi connectivity index (χ1v) is 7.81. The molecule has 0 radical (unpaired) electrons. The molecular weight excluding hydrogens is 318 g/mol. The second-order valence-corrected chi connectivity index (χ2v) is 5.70. The Morgan fingerprint density at radius 3 is 2.80 bits per heavy atom. The number of aromatic nitrogens is 4. The zero-order chi connectivity index (χ0) is 17.2. The van der Waals surface area contributed by atoms with Crippen molar-refractivity contribution in [2.75, 3.05) is 5.32 Å². The van der Waals surface area contributed by atoms with Crippen LogP contribution < -0.4 is 5.32 Å². The van der Waals surface area contributed by atoms with E-state index in [2.05, 4.69) is 20.8 Å². The van der Waals surface area contributed by atoms with Gasteiger partial charge in [-0.05, 0) is 34.5 Å². The highest BCUT2D eigenvalue weighted by Crippen LogP contribution is 2.23. The molecule has 7 heteroatoms. The lowest BCUT2D eigenvalue weighted by atomic mass is 10.2. The summed E-state index contributed by atoms with van der Waals surface area (Å²) in [7, 11) is 0. The van der Waals surface area contributed by atoms with Crippen LogP contribution in [-0.4, -0.2) is 26.1 Å². The van der Waals surface area contributed by atoms with Crippen molar-refractivity contribution >= 4 is 22.8 Å². The third-order valence-corrected chi connectivity index (χ3v) is 3.90. The van der Waals surface area contributed by atoms with Crippen LogP contribution >= 0.6 is 0 Å². The number of carbonyl (C=O) groups excluding carboxylic acids is 1. The van der Waals surface area contributed by atoms with E-state index in [-0.39, 0.29) is 17.6 Å². The summed E-state index contributed by atoms with van der Waals surface area (Å²) in [6.45, 7) is 2.40. The number of para-hydroxylation sites is 1. The number of fused-ring (bicyclic) bond motifs is 1. The number of tetrazole rings is 1. The number of nitrogens with one attached hydrogen (secondary N) is 1. The predicted octanol–water partition coefficient (Wildman–Crippen LogP) is 3.03. The van der Waals surface area contributed by atoms with E-state index in [1.165, 1.54) is 4.68 Å². The Morgan fingerprint density at radius 2 is 2.00 bits per heavy atom. The maximum atomic E-state index is 12.5. The molecule has 2 aromatic heterocycles. The Balaban J connectivity index is 1.57. The lowest BCUT2D eigenvalue weighted by Gasteiger charge is -2.05. The van der Waals surface area contributed by atoms with Crippen LogP contribution in [0.4, 0.5) is 5.95 Å². The molecule has 4 rings (SSSR count). The van der Waals surface area contributed by atoms with Crippen LogP contribution in [0.2, 0.25) is 0 Å². The molecule has 0 saturated carbocycles. The maximum Gasteiger partial charge on any atom is 0.293 e. The van der Waals surface area contributed by atoms with Crippen LogP contribution in [0.15, 0.2) is 59.0 Å². The van der Waals surface area contributed by atoms with Gasteiger partial charge in [-0.25, -0.2) is 4.68 Å². The highest BCUT2D eigenvalue weighted by Gasteiger charge is 2.17. The molecular formula is C18H15N5O2. The molecule has 0 atom stereocenters. The highest BCUT2D eigenvalue weighted by molar-refractivity contribution is 6.04. The van der Waals surface area contributed by atoms with Gasteiger partial charge in [0.1, 0.15) is 5.58 Å². The minimum atomic E-state index is -0.389. The van der Waals surface area contributed by atoms with Crippen molar-refractivity contribution in [1.82, 2.24) is 20.2 Å². The molecule has 2 heterocycles. The summed E-state index contributed by atoms with van der Waals surface area (Å²) in [4.78, 5) is 12.5. The first-order chi connectivity index (χ1) is 12.2. The van der Waals surface area contributed by atoms with Gasteiger partial charge in [-0.1, -0.05) is 53.6 Å². The van der Waals surface area contributed by atoms with Gasteiger partial charge < -0.3 is 4.42 Å². The van der Waals surface area contributed by atoms with Gasteiger partial charge in [0.05, 0.1) is 6.54 Å². The molecule has 2 aromatic carbocycles. The number of anilines is 1. The van der Waals surface area contributed by atoms with E-state index >= 15 is 0 Å². The molecule has 0 aliphatic heterocycles. The molecule has 0 fully saturated rings. The summed E-state index contributed by atoms with van der Waals surface area (Å²) in [5, 5.41) is 15.0. The molecule has 25 heavy (non-hydrogen) atoms. The number of furan rings is 1. The van der Waals surface area contributed by atoms with E-state index < -0.39 is 0 Å². The lowest BCUT2D eigenvalue weighted by Crippen LogP contribution is -2.16. The third kappa shape index (κ3) is 2.99. The fourth-order valence-electron chi connectivity index (χ4n) is 2.64. The summed E-state index contributed by atoms with van der Waals surface area (Å²) in [5.74, 6) is 0.101. The summed E-state index contributed by atoms with van der Waals surface area (Å²) in [6, 6.07) is 17.2. The monoisotopic (exact) mass is 333 g/mol. The molecule has 1 amide bonds. The summed E-state index contributed by atoms with van der Waals surface area (Å²) < 4.78 is 7.21. The van der Waals surface area contributed by atoms with Gasteiger partial charge in [0.15, 0.2) is 5.76 Å². The van der Waals surface area contributed by atoms with Crippen molar-refractivity contribution in [3.63, 3.8) is 0 Å². The topological polar surface area (TPSA) is 85.8 Å². The number of nitrogens with zero attached hydrogens (tertiary/aromatic N) is 4. The Morgan fingerprint density at radius 1 is 1.16 bits per heavy atom. The molecule has 0 saturated heterocycles. The Hall–Kier alpha value is -3.48. The van der Waals surface area contributed by atoms with Gasteiger partial charge in [-0.3, -0.25) is 10.1 Å². The SMILES string of the molecule is Cc1cccc2cc(C(=O)Nc3nnnn3Cc3ccccc3)oc12. The summed E-state index contributed by atoms with van der Waals surface area (Å²) >= 11 is 0. The van der Waals surface area contributed by atoms with E-state index in [1.54, 1.807) is 6.07 Å². The van der Waals surface area contributed by atoms with Crippen LogP contribution in [0.3, 0.4) is 0 Å². The maximum absolute atomic E-state index is 12.5. The van der Waals surface area contributed by atoms with Crippen molar-refractivity contribution in [3.05, 3.63) is 71.5 Å². The van der Waals surface area contributed by atoms with Crippen LogP contribution in [0.1, 0.15) is 21.7 Å². The standard InChI is InChI=1S/C18H15N5O2/c1-12-6-5-9-14-10-15(25-16(12)14)17(24)19-18-20-21-22-23(18)11-13-7-3-2-4-8-13/h2-10H,11H2,1H3,(H,19,20,22,24). The van der Waals surface area contributed by atoms with Crippen LogP contribution in [0.5, 0.6) is 0 Å². The van der Waals surface area contributed by atoms with Gasteiger partial charge in [0.2, 0.25) is 5.95 Å². The largest absolute Gasteiger partial charge is 0.451 e. The number of hydrogen-bond acceptors (Lipinski definition) is 5. The van der Waals surface area contributed by atoms with Crippen LogP contribution in [0.25, 0.3) is 11.0 Å². The van der Waals surface area contributed by atoms with Gasteiger partial charge in [0.25, 0.3) is 5.91 Å². The van der Waals surface area contributed by atoms with Gasteiger partial charge in [0, 0.05) is 5.39 Å². The van der Waals surface area contributed by atoms with Gasteiger partial charge in [-0.2, -0.15) is 0 Å². The number of benzene rings is 2. The fraction of sp³-hybridized carbons (Fsp3) is 0.111. The fourth-order valence-corrected chi connectivity index (χ4v) is 2.64. The molecule has 124 valence electrons. The molecule has 0 spiro atoms. The predicted molar refractivity (Wildman–Crippen MR) is 92.3 cm³/mol. The van der Waals surface area contributed by atoms with Crippen LogP contribution in [0, 0.1) is 6.92 Å². The van der Waals surface area contributed by atoms with Crippen LogP contribution in [-0.2, 0) is 6.54 Å². The lowest BCUT2D eigenvalue weighted by molar-refractivity contribution is 0.0997.